The molecule has 0 bridgehead atoms. The zero-order chi connectivity index (χ0) is 12.4. The molecule has 0 aromatic heterocycles. The highest BCUT2D eigenvalue weighted by atomic mass is 16.5. The van der Waals surface area contributed by atoms with E-state index in [0.717, 1.165) is 24.5 Å². The lowest BCUT2D eigenvalue weighted by Gasteiger charge is -2.25. The summed E-state index contributed by atoms with van der Waals surface area (Å²) in [4.78, 5) is 2.37. The summed E-state index contributed by atoms with van der Waals surface area (Å²) in [5.74, 6) is 1.50. The first-order valence-electron chi connectivity index (χ1n) is 6.43. The first-order chi connectivity index (χ1) is 8.21. The lowest BCUT2D eigenvalue weighted by molar-refractivity contribution is 0.417. The van der Waals surface area contributed by atoms with Crippen molar-refractivity contribution in [1.82, 2.24) is 0 Å². The Morgan fingerprint density at radius 3 is 2.41 bits per heavy atom. The number of hydrogen-bond donors (Lipinski definition) is 1. The van der Waals surface area contributed by atoms with E-state index in [9.17, 15) is 0 Å². The van der Waals surface area contributed by atoms with Crippen molar-refractivity contribution in [2.24, 2.45) is 0 Å². The molecule has 0 amide bonds. The molecule has 94 valence electrons. The summed E-state index contributed by atoms with van der Waals surface area (Å²) in [7, 11) is 1.68. The minimum absolute atomic E-state index is 0.707. The van der Waals surface area contributed by atoms with Gasteiger partial charge in [0.05, 0.1) is 12.8 Å². The van der Waals surface area contributed by atoms with Crippen molar-refractivity contribution in [3.8, 4) is 5.75 Å². The second-order valence-corrected chi connectivity index (χ2v) is 4.60. The highest BCUT2D eigenvalue weighted by Gasteiger charge is 2.28. The molecule has 0 unspecified atom stereocenters. The SMILES string of the molecule is CCN(CC)c1cc(OC)c(N)cc1C1CC1. The van der Waals surface area contributed by atoms with Gasteiger partial charge in [-0.15, -0.1) is 0 Å². The van der Waals surface area contributed by atoms with Crippen LogP contribution in [0.25, 0.3) is 0 Å². The molecule has 17 heavy (non-hydrogen) atoms. The van der Waals surface area contributed by atoms with Crippen molar-refractivity contribution in [1.29, 1.82) is 0 Å². The van der Waals surface area contributed by atoms with Gasteiger partial charge >= 0.3 is 0 Å². The van der Waals surface area contributed by atoms with E-state index >= 15 is 0 Å². The van der Waals surface area contributed by atoms with Gasteiger partial charge in [0, 0.05) is 24.8 Å². The summed E-state index contributed by atoms with van der Waals surface area (Å²) in [6, 6.07) is 4.19. The van der Waals surface area contributed by atoms with Crippen LogP contribution in [-0.4, -0.2) is 20.2 Å². The molecule has 1 aromatic rings. The fraction of sp³-hybridized carbons (Fsp3) is 0.571. The number of rotatable bonds is 5. The summed E-state index contributed by atoms with van der Waals surface area (Å²) in [5, 5.41) is 0. The number of benzene rings is 1. The molecular formula is C14H22N2O. The predicted octanol–water partition coefficient (Wildman–Crippen LogP) is 3.00. The maximum Gasteiger partial charge on any atom is 0.143 e. The average Bonchev–Trinajstić information content (AvgIpc) is 3.16. The summed E-state index contributed by atoms with van der Waals surface area (Å²) < 4.78 is 5.33. The first kappa shape index (κ1) is 12.1. The molecule has 0 saturated heterocycles. The van der Waals surface area contributed by atoms with Crippen LogP contribution in [0.1, 0.15) is 38.2 Å². The number of ether oxygens (including phenoxy) is 1. The molecule has 0 aliphatic heterocycles. The van der Waals surface area contributed by atoms with E-state index in [1.165, 1.54) is 24.1 Å². The van der Waals surface area contributed by atoms with E-state index in [2.05, 4.69) is 30.9 Å². The monoisotopic (exact) mass is 234 g/mol. The quantitative estimate of drug-likeness (QED) is 0.796. The Morgan fingerprint density at radius 2 is 1.94 bits per heavy atom. The first-order valence-corrected chi connectivity index (χ1v) is 6.43. The van der Waals surface area contributed by atoms with Crippen molar-refractivity contribution >= 4 is 11.4 Å². The molecule has 2 rings (SSSR count). The third-order valence-corrected chi connectivity index (χ3v) is 3.50. The Kier molecular flexibility index (Phi) is 3.46. The van der Waals surface area contributed by atoms with Crippen LogP contribution in [0.2, 0.25) is 0 Å². The topological polar surface area (TPSA) is 38.5 Å². The molecule has 3 nitrogen and oxygen atoms in total. The Labute approximate surface area is 104 Å². The molecule has 0 atom stereocenters. The Morgan fingerprint density at radius 1 is 1.29 bits per heavy atom. The molecular weight excluding hydrogens is 212 g/mol. The molecule has 1 fully saturated rings. The maximum atomic E-state index is 6.01. The van der Waals surface area contributed by atoms with Gasteiger partial charge in [-0.3, -0.25) is 0 Å². The highest BCUT2D eigenvalue weighted by Crippen LogP contribution is 2.46. The number of nitrogens with two attached hydrogens (primary N) is 1. The van der Waals surface area contributed by atoms with E-state index in [1.807, 2.05) is 0 Å². The lowest BCUT2D eigenvalue weighted by Crippen LogP contribution is -2.23. The van der Waals surface area contributed by atoms with Crippen molar-refractivity contribution in [3.63, 3.8) is 0 Å². The Bertz CT molecular complexity index is 395. The molecule has 3 heteroatoms. The van der Waals surface area contributed by atoms with Crippen LogP contribution in [0.15, 0.2) is 12.1 Å². The minimum Gasteiger partial charge on any atom is -0.495 e. The number of nitrogens with zero attached hydrogens (tertiary/aromatic N) is 1. The summed E-state index contributed by atoms with van der Waals surface area (Å²) in [5.41, 5.74) is 9.45. The van der Waals surface area contributed by atoms with E-state index in [0.29, 0.717) is 5.92 Å². The van der Waals surface area contributed by atoms with Gasteiger partial charge in [0.2, 0.25) is 0 Å². The number of anilines is 2. The fourth-order valence-electron chi connectivity index (χ4n) is 2.34. The smallest absolute Gasteiger partial charge is 0.143 e. The third kappa shape index (κ3) is 2.33. The van der Waals surface area contributed by atoms with Gasteiger partial charge in [0.25, 0.3) is 0 Å². The molecule has 0 radical (unpaired) electrons. The second-order valence-electron chi connectivity index (χ2n) is 4.60. The van der Waals surface area contributed by atoms with E-state index < -0.39 is 0 Å². The largest absolute Gasteiger partial charge is 0.495 e. The van der Waals surface area contributed by atoms with Gasteiger partial charge in [0.1, 0.15) is 5.75 Å². The van der Waals surface area contributed by atoms with Crippen LogP contribution in [0.3, 0.4) is 0 Å². The minimum atomic E-state index is 0.707. The van der Waals surface area contributed by atoms with Crippen LogP contribution < -0.4 is 15.4 Å². The van der Waals surface area contributed by atoms with Crippen molar-refractivity contribution < 1.29 is 4.74 Å². The molecule has 1 aliphatic rings. The Balaban J connectivity index is 2.45. The normalized spacial score (nSPS) is 14.8. The van der Waals surface area contributed by atoms with Crippen molar-refractivity contribution in [2.45, 2.75) is 32.6 Å². The van der Waals surface area contributed by atoms with Gasteiger partial charge in [-0.05, 0) is 44.2 Å². The number of nitrogen functional groups attached to an aromatic ring is 1. The van der Waals surface area contributed by atoms with Crippen LogP contribution in [0.5, 0.6) is 5.75 Å². The van der Waals surface area contributed by atoms with Crippen LogP contribution in [0.4, 0.5) is 11.4 Å². The number of methoxy groups -OCH3 is 1. The van der Waals surface area contributed by atoms with Crippen LogP contribution in [0, 0.1) is 0 Å². The summed E-state index contributed by atoms with van der Waals surface area (Å²) in [6.07, 6.45) is 2.58. The zero-order valence-electron chi connectivity index (χ0n) is 11.0. The molecule has 0 spiro atoms. The van der Waals surface area contributed by atoms with E-state index in [4.69, 9.17) is 10.5 Å². The molecule has 1 saturated carbocycles. The third-order valence-electron chi connectivity index (χ3n) is 3.50. The lowest BCUT2D eigenvalue weighted by atomic mass is 10.1. The van der Waals surface area contributed by atoms with Crippen molar-refractivity contribution in [2.75, 3.05) is 30.8 Å². The van der Waals surface area contributed by atoms with Gasteiger partial charge in [-0.1, -0.05) is 0 Å². The zero-order valence-corrected chi connectivity index (χ0v) is 11.0. The van der Waals surface area contributed by atoms with Gasteiger partial charge < -0.3 is 15.4 Å². The molecule has 1 aromatic carbocycles. The predicted molar refractivity (Wildman–Crippen MR) is 72.9 cm³/mol. The summed E-state index contributed by atoms with van der Waals surface area (Å²) in [6.45, 7) is 6.40. The number of hydrogen-bond acceptors (Lipinski definition) is 3. The average molecular weight is 234 g/mol. The highest BCUT2D eigenvalue weighted by molar-refractivity contribution is 5.68. The maximum absolute atomic E-state index is 6.01. The van der Waals surface area contributed by atoms with Gasteiger partial charge in [-0.25, -0.2) is 0 Å². The van der Waals surface area contributed by atoms with Crippen molar-refractivity contribution in [3.05, 3.63) is 17.7 Å². The van der Waals surface area contributed by atoms with Gasteiger partial charge in [0.15, 0.2) is 0 Å². The van der Waals surface area contributed by atoms with E-state index in [1.54, 1.807) is 7.11 Å². The summed E-state index contributed by atoms with van der Waals surface area (Å²) >= 11 is 0. The second kappa shape index (κ2) is 4.86. The molecule has 2 N–H and O–H groups in total. The molecule has 1 aliphatic carbocycles. The standard InChI is InChI=1S/C14H22N2O/c1-4-16(5-2)13-9-14(17-3)12(15)8-11(13)10-6-7-10/h8-10H,4-7,15H2,1-3H3. The van der Waals surface area contributed by atoms with Crippen LogP contribution in [-0.2, 0) is 0 Å². The van der Waals surface area contributed by atoms with E-state index in [-0.39, 0.29) is 0 Å². The Hall–Kier alpha value is -1.38. The van der Waals surface area contributed by atoms with Gasteiger partial charge in [-0.2, -0.15) is 0 Å². The van der Waals surface area contributed by atoms with Crippen LogP contribution >= 0.6 is 0 Å². The fourth-order valence-corrected chi connectivity index (χ4v) is 2.34. The molecule has 0 heterocycles.